The summed E-state index contributed by atoms with van der Waals surface area (Å²) in [6, 6.07) is 2.45. The Bertz CT molecular complexity index is 359. The highest BCUT2D eigenvalue weighted by Crippen LogP contribution is 2.33. The largest absolute Gasteiger partial charge is 0.397 e. The van der Waals surface area contributed by atoms with Gasteiger partial charge in [0, 0.05) is 13.1 Å². The van der Waals surface area contributed by atoms with Crippen LogP contribution in [0.1, 0.15) is 6.92 Å². The molecule has 0 bridgehead atoms. The molecule has 1 saturated heterocycles. The molecule has 0 unspecified atom stereocenters. The van der Waals surface area contributed by atoms with Crippen molar-refractivity contribution in [3.63, 3.8) is 0 Å². The van der Waals surface area contributed by atoms with Crippen molar-refractivity contribution in [1.29, 1.82) is 0 Å². The quantitative estimate of drug-likeness (QED) is 0.699. The van der Waals surface area contributed by atoms with Gasteiger partial charge in [0.1, 0.15) is 0 Å². The molecule has 2 N–H and O–H groups in total. The van der Waals surface area contributed by atoms with Crippen molar-refractivity contribution >= 4 is 11.4 Å². The third-order valence-corrected chi connectivity index (χ3v) is 2.48. The Morgan fingerprint density at radius 2 is 2.00 bits per heavy atom. The van der Waals surface area contributed by atoms with E-state index in [1.54, 1.807) is 4.90 Å². The summed E-state index contributed by atoms with van der Waals surface area (Å²) < 4.78 is 26.3. The van der Waals surface area contributed by atoms with Crippen molar-refractivity contribution in [2.45, 2.75) is 6.92 Å². The van der Waals surface area contributed by atoms with Gasteiger partial charge in [-0.3, -0.25) is 0 Å². The second-order valence-corrected chi connectivity index (χ2v) is 3.81. The Balaban J connectivity index is 2.36. The number of rotatable bonds is 1. The fraction of sp³-hybridized carbons (Fsp3) is 0.400. The third-order valence-electron chi connectivity index (χ3n) is 2.48. The summed E-state index contributed by atoms with van der Waals surface area (Å²) >= 11 is 0. The van der Waals surface area contributed by atoms with Gasteiger partial charge in [0.25, 0.3) is 0 Å². The molecular weight excluding hydrogens is 186 g/mol. The molecular formula is C10H12F2N2. The molecule has 0 aromatic heterocycles. The normalized spacial score (nSPS) is 16.9. The monoisotopic (exact) mass is 198 g/mol. The van der Waals surface area contributed by atoms with Gasteiger partial charge in [-0.15, -0.1) is 0 Å². The molecule has 1 aliphatic heterocycles. The lowest BCUT2D eigenvalue weighted by Crippen LogP contribution is -2.46. The van der Waals surface area contributed by atoms with Crippen LogP contribution in [0.4, 0.5) is 20.2 Å². The number of anilines is 2. The zero-order valence-electron chi connectivity index (χ0n) is 7.93. The van der Waals surface area contributed by atoms with Crippen LogP contribution in [0.2, 0.25) is 0 Å². The predicted molar refractivity (Wildman–Crippen MR) is 52.1 cm³/mol. The van der Waals surface area contributed by atoms with Gasteiger partial charge < -0.3 is 10.6 Å². The van der Waals surface area contributed by atoms with Gasteiger partial charge in [-0.1, -0.05) is 6.92 Å². The van der Waals surface area contributed by atoms with E-state index in [0.717, 1.165) is 19.2 Å². The Labute approximate surface area is 81.3 Å². The SMILES string of the molecule is CC1CN(c2c(N)ccc(F)c2F)C1. The fourth-order valence-electron chi connectivity index (χ4n) is 1.76. The van der Waals surface area contributed by atoms with Gasteiger partial charge in [0.15, 0.2) is 11.6 Å². The first-order valence-electron chi connectivity index (χ1n) is 4.58. The summed E-state index contributed by atoms with van der Waals surface area (Å²) in [5.74, 6) is -1.15. The number of hydrogen-bond acceptors (Lipinski definition) is 2. The van der Waals surface area contributed by atoms with E-state index in [1.807, 2.05) is 0 Å². The van der Waals surface area contributed by atoms with E-state index < -0.39 is 11.6 Å². The van der Waals surface area contributed by atoms with Crippen LogP contribution in [0.3, 0.4) is 0 Å². The van der Waals surface area contributed by atoms with E-state index in [1.165, 1.54) is 6.07 Å². The van der Waals surface area contributed by atoms with Gasteiger partial charge in [-0.05, 0) is 18.1 Å². The van der Waals surface area contributed by atoms with Crippen LogP contribution in [0.25, 0.3) is 0 Å². The molecule has 4 heteroatoms. The number of nitrogens with zero attached hydrogens (tertiary/aromatic N) is 1. The average Bonchev–Trinajstić information content (AvgIpc) is 2.09. The van der Waals surface area contributed by atoms with Crippen molar-refractivity contribution in [2.24, 2.45) is 5.92 Å². The van der Waals surface area contributed by atoms with Gasteiger partial charge in [0.05, 0.1) is 11.4 Å². The molecule has 0 saturated carbocycles. The van der Waals surface area contributed by atoms with E-state index in [9.17, 15) is 8.78 Å². The average molecular weight is 198 g/mol. The van der Waals surface area contributed by atoms with Crippen molar-refractivity contribution in [1.82, 2.24) is 0 Å². The molecule has 0 amide bonds. The minimum Gasteiger partial charge on any atom is -0.397 e. The number of benzene rings is 1. The van der Waals surface area contributed by atoms with Crippen LogP contribution in [0.15, 0.2) is 12.1 Å². The maximum Gasteiger partial charge on any atom is 0.184 e. The van der Waals surface area contributed by atoms with E-state index in [4.69, 9.17) is 5.73 Å². The molecule has 2 nitrogen and oxygen atoms in total. The standard InChI is InChI=1S/C10H12F2N2/c1-6-4-14(5-6)10-8(13)3-2-7(11)9(10)12/h2-3,6H,4-5,13H2,1H3. The fourth-order valence-corrected chi connectivity index (χ4v) is 1.76. The summed E-state index contributed by atoms with van der Waals surface area (Å²) in [4.78, 5) is 1.76. The first kappa shape index (κ1) is 9.24. The van der Waals surface area contributed by atoms with Gasteiger partial charge in [-0.2, -0.15) is 0 Å². The van der Waals surface area contributed by atoms with Gasteiger partial charge in [-0.25, -0.2) is 8.78 Å². The van der Waals surface area contributed by atoms with E-state index >= 15 is 0 Å². The van der Waals surface area contributed by atoms with Crippen LogP contribution < -0.4 is 10.6 Å². The first-order chi connectivity index (χ1) is 6.59. The smallest absolute Gasteiger partial charge is 0.184 e. The number of nitrogens with two attached hydrogens (primary N) is 1. The number of halogens is 2. The molecule has 0 radical (unpaired) electrons. The minimum atomic E-state index is -0.839. The van der Waals surface area contributed by atoms with E-state index in [0.29, 0.717) is 11.6 Å². The first-order valence-corrected chi connectivity index (χ1v) is 4.58. The highest BCUT2D eigenvalue weighted by molar-refractivity contribution is 5.69. The topological polar surface area (TPSA) is 29.3 Å². The molecule has 76 valence electrons. The molecule has 0 aliphatic carbocycles. The van der Waals surface area contributed by atoms with Crippen LogP contribution in [-0.4, -0.2) is 13.1 Å². The molecule has 2 rings (SSSR count). The Morgan fingerprint density at radius 3 is 2.57 bits per heavy atom. The van der Waals surface area contributed by atoms with Crippen molar-refractivity contribution in [2.75, 3.05) is 23.7 Å². The second-order valence-electron chi connectivity index (χ2n) is 3.81. The molecule has 0 atom stereocenters. The lowest BCUT2D eigenvalue weighted by atomic mass is 10.0. The van der Waals surface area contributed by atoms with E-state index in [2.05, 4.69) is 6.92 Å². The van der Waals surface area contributed by atoms with E-state index in [-0.39, 0.29) is 5.69 Å². The highest BCUT2D eigenvalue weighted by atomic mass is 19.2. The van der Waals surface area contributed by atoms with Crippen LogP contribution in [0.5, 0.6) is 0 Å². The van der Waals surface area contributed by atoms with Crippen molar-refractivity contribution in [3.8, 4) is 0 Å². The zero-order chi connectivity index (χ0) is 10.3. The summed E-state index contributed by atoms with van der Waals surface area (Å²) in [5.41, 5.74) is 6.11. The molecule has 1 aromatic carbocycles. The molecule has 1 fully saturated rings. The van der Waals surface area contributed by atoms with Crippen molar-refractivity contribution < 1.29 is 8.78 Å². The summed E-state index contributed by atoms with van der Waals surface area (Å²) in [7, 11) is 0. The number of hydrogen-bond donors (Lipinski definition) is 1. The molecule has 14 heavy (non-hydrogen) atoms. The Hall–Kier alpha value is -1.32. The molecule has 0 spiro atoms. The Morgan fingerprint density at radius 1 is 1.36 bits per heavy atom. The summed E-state index contributed by atoms with van der Waals surface area (Å²) in [5, 5.41) is 0. The third kappa shape index (κ3) is 1.31. The highest BCUT2D eigenvalue weighted by Gasteiger charge is 2.27. The predicted octanol–water partition coefficient (Wildman–Crippen LogP) is 2.00. The lowest BCUT2D eigenvalue weighted by molar-refractivity contribution is 0.432. The summed E-state index contributed by atoms with van der Waals surface area (Å²) in [6.07, 6.45) is 0. The van der Waals surface area contributed by atoms with Crippen LogP contribution >= 0.6 is 0 Å². The van der Waals surface area contributed by atoms with Crippen LogP contribution in [-0.2, 0) is 0 Å². The number of nitrogen functional groups attached to an aromatic ring is 1. The zero-order valence-corrected chi connectivity index (χ0v) is 7.93. The minimum absolute atomic E-state index is 0.211. The van der Waals surface area contributed by atoms with Crippen molar-refractivity contribution in [3.05, 3.63) is 23.8 Å². The maximum atomic E-state index is 13.4. The van der Waals surface area contributed by atoms with Gasteiger partial charge in [0.2, 0.25) is 0 Å². The summed E-state index contributed by atoms with van der Waals surface area (Å²) in [6.45, 7) is 3.54. The van der Waals surface area contributed by atoms with Gasteiger partial charge >= 0.3 is 0 Å². The second kappa shape index (κ2) is 3.12. The molecule has 1 aromatic rings. The molecule has 1 heterocycles. The van der Waals surface area contributed by atoms with Crippen LogP contribution in [0, 0.1) is 17.6 Å². The lowest BCUT2D eigenvalue weighted by Gasteiger charge is -2.39. The Kier molecular flexibility index (Phi) is 2.06. The maximum absolute atomic E-state index is 13.4. The molecule has 1 aliphatic rings.